The van der Waals surface area contributed by atoms with Crippen LogP contribution in [0.1, 0.15) is 96.3 Å². The molecule has 1 saturated heterocycles. The number of nitrogens with one attached hydrogen (secondary N) is 2. The second-order valence-electron chi connectivity index (χ2n) is 14.9. The number of carbonyl (C=O) groups is 2. The van der Waals surface area contributed by atoms with Gasteiger partial charge in [0.15, 0.2) is 5.03 Å². The molecule has 0 radical (unpaired) electrons. The van der Waals surface area contributed by atoms with Gasteiger partial charge in [0.1, 0.15) is 17.2 Å². The van der Waals surface area contributed by atoms with Gasteiger partial charge in [0, 0.05) is 37.0 Å². The van der Waals surface area contributed by atoms with E-state index < -0.39 is 32.9 Å². The first-order chi connectivity index (χ1) is 23.6. The molecule has 2 amide bonds. The van der Waals surface area contributed by atoms with Gasteiger partial charge in [-0.2, -0.15) is 8.42 Å². The molecule has 0 bridgehead atoms. The SMILES string of the molecule is CC(C)(C)OC(=O)N1C[C@@H](CCCNc2cccc(S(=O)(=O)NC(=O)c3ccc(-n4ccc(OCCC5CCCC5)n4)cc3F)n2)CC1(C)C. The molecule has 0 spiro atoms. The summed E-state index contributed by atoms with van der Waals surface area (Å²) in [6.45, 7) is 11.3. The molecule has 2 aliphatic rings. The van der Waals surface area contributed by atoms with Gasteiger partial charge in [0.25, 0.3) is 15.9 Å². The zero-order valence-corrected chi connectivity index (χ0v) is 30.4. The monoisotopic (exact) mass is 712 g/mol. The van der Waals surface area contributed by atoms with Crippen molar-refractivity contribution < 1.29 is 31.9 Å². The number of aromatic nitrogens is 3. The number of nitrogens with zero attached hydrogens (tertiary/aromatic N) is 4. The third-order valence-electron chi connectivity index (χ3n) is 9.17. The van der Waals surface area contributed by atoms with E-state index in [4.69, 9.17) is 9.47 Å². The van der Waals surface area contributed by atoms with Crippen LogP contribution in [-0.2, 0) is 14.8 Å². The van der Waals surface area contributed by atoms with Gasteiger partial charge in [0.05, 0.1) is 17.9 Å². The van der Waals surface area contributed by atoms with E-state index in [2.05, 4.69) is 15.4 Å². The Morgan fingerprint density at radius 2 is 1.82 bits per heavy atom. The number of halogens is 1. The van der Waals surface area contributed by atoms with Crippen LogP contribution in [0.25, 0.3) is 5.69 Å². The molecule has 272 valence electrons. The molecular formula is C36H49FN6O6S. The summed E-state index contributed by atoms with van der Waals surface area (Å²) in [5.74, 6) is -0.296. The maximum absolute atomic E-state index is 15.1. The van der Waals surface area contributed by atoms with Crippen LogP contribution in [-0.4, -0.2) is 70.9 Å². The lowest BCUT2D eigenvalue weighted by molar-refractivity contribution is 0.0130. The fraction of sp³-hybridized carbons (Fsp3) is 0.556. The molecule has 1 atom stereocenters. The molecular weight excluding hydrogens is 663 g/mol. The number of amides is 2. The van der Waals surface area contributed by atoms with Crippen molar-refractivity contribution in [3.05, 3.63) is 60.0 Å². The minimum atomic E-state index is -4.41. The van der Waals surface area contributed by atoms with Crippen LogP contribution in [0.3, 0.4) is 0 Å². The highest BCUT2D eigenvalue weighted by Crippen LogP contribution is 2.36. The lowest BCUT2D eigenvalue weighted by atomic mass is 9.93. The summed E-state index contributed by atoms with van der Waals surface area (Å²) >= 11 is 0. The summed E-state index contributed by atoms with van der Waals surface area (Å²) in [5.41, 5.74) is -0.964. The standard InChI is InChI=1S/C36H49FN6O6S/c1-35(2,3)49-34(45)42-24-26(23-36(42,4)5)12-9-19-38-30-13-8-14-32(39-30)50(46,47)41-33(44)28-16-15-27(22-29(28)37)43-20-17-31(40-43)48-21-18-25-10-6-7-11-25/h8,13-17,20,22,25-26H,6-7,9-12,18-19,21,23-24H2,1-5H3,(H,38,39)(H,41,44)/t26-/m0/s1. The molecule has 12 nitrogen and oxygen atoms in total. The third kappa shape index (κ3) is 9.73. The van der Waals surface area contributed by atoms with Crippen molar-refractivity contribution in [3.63, 3.8) is 0 Å². The predicted octanol–water partition coefficient (Wildman–Crippen LogP) is 6.71. The first-order valence-corrected chi connectivity index (χ1v) is 18.8. The molecule has 50 heavy (non-hydrogen) atoms. The van der Waals surface area contributed by atoms with Crippen LogP contribution < -0.4 is 14.8 Å². The zero-order chi connectivity index (χ0) is 36.1. The van der Waals surface area contributed by atoms with E-state index in [0.717, 1.165) is 31.7 Å². The van der Waals surface area contributed by atoms with Gasteiger partial charge < -0.3 is 19.7 Å². The zero-order valence-electron chi connectivity index (χ0n) is 29.6. The van der Waals surface area contributed by atoms with Gasteiger partial charge in [-0.3, -0.25) is 4.79 Å². The maximum Gasteiger partial charge on any atom is 0.410 e. The molecule has 14 heteroatoms. The summed E-state index contributed by atoms with van der Waals surface area (Å²) in [6.07, 6.45) is 9.77. The topological polar surface area (TPSA) is 145 Å². The third-order valence-corrected chi connectivity index (χ3v) is 10.4. The van der Waals surface area contributed by atoms with Crippen LogP contribution in [0.4, 0.5) is 15.0 Å². The Labute approximate surface area is 294 Å². The van der Waals surface area contributed by atoms with Crippen LogP contribution in [0.2, 0.25) is 0 Å². The van der Waals surface area contributed by atoms with Crippen molar-refractivity contribution >= 4 is 27.8 Å². The maximum atomic E-state index is 15.1. The Balaban J connectivity index is 1.11. The van der Waals surface area contributed by atoms with Gasteiger partial charge in [-0.1, -0.05) is 31.7 Å². The van der Waals surface area contributed by atoms with E-state index in [9.17, 15) is 18.0 Å². The van der Waals surface area contributed by atoms with Crippen LogP contribution in [0.15, 0.2) is 53.7 Å². The number of hydrogen-bond donors (Lipinski definition) is 2. The summed E-state index contributed by atoms with van der Waals surface area (Å²) in [4.78, 5) is 31.6. The number of hydrogen-bond acceptors (Lipinski definition) is 9. The lowest BCUT2D eigenvalue weighted by Crippen LogP contribution is -2.45. The smallest absolute Gasteiger partial charge is 0.410 e. The van der Waals surface area contributed by atoms with E-state index in [0.29, 0.717) is 48.9 Å². The van der Waals surface area contributed by atoms with Gasteiger partial charge in [-0.15, -0.1) is 5.10 Å². The Morgan fingerprint density at radius 1 is 1.06 bits per heavy atom. The molecule has 2 N–H and O–H groups in total. The summed E-state index contributed by atoms with van der Waals surface area (Å²) in [7, 11) is -4.41. The lowest BCUT2D eigenvalue weighted by Gasteiger charge is -2.33. The first kappa shape index (κ1) is 37.1. The highest BCUT2D eigenvalue weighted by molar-refractivity contribution is 7.90. The van der Waals surface area contributed by atoms with Gasteiger partial charge >= 0.3 is 6.09 Å². The predicted molar refractivity (Wildman–Crippen MR) is 187 cm³/mol. The Kier molecular flexibility index (Phi) is 11.4. The normalized spacial score (nSPS) is 17.9. The number of anilines is 1. The molecule has 2 aromatic heterocycles. The van der Waals surface area contributed by atoms with Crippen LogP contribution in [0.5, 0.6) is 5.88 Å². The summed E-state index contributed by atoms with van der Waals surface area (Å²) in [6, 6.07) is 9.89. The molecule has 2 fully saturated rings. The molecule has 1 aliphatic heterocycles. The average Bonchev–Trinajstić information content (AvgIpc) is 3.79. The van der Waals surface area contributed by atoms with Crippen LogP contribution in [0, 0.1) is 17.7 Å². The first-order valence-electron chi connectivity index (χ1n) is 17.4. The van der Waals surface area contributed by atoms with Gasteiger partial charge in [-0.05, 0) is 96.4 Å². The van der Waals surface area contributed by atoms with Crippen molar-refractivity contribution in [2.75, 3.05) is 25.0 Å². The molecule has 5 rings (SSSR count). The summed E-state index contributed by atoms with van der Waals surface area (Å²) in [5, 5.41) is 7.10. The van der Waals surface area contributed by atoms with E-state index in [1.165, 1.54) is 54.6 Å². The average molecular weight is 713 g/mol. The van der Waals surface area contributed by atoms with Crippen molar-refractivity contribution in [2.24, 2.45) is 11.8 Å². The van der Waals surface area contributed by atoms with E-state index >= 15 is 4.39 Å². The number of carbonyl (C=O) groups excluding carboxylic acids is 2. The quantitative estimate of drug-likeness (QED) is 0.185. The largest absolute Gasteiger partial charge is 0.477 e. The molecule has 0 unspecified atom stereocenters. The Bertz CT molecular complexity index is 1770. The van der Waals surface area contributed by atoms with Crippen molar-refractivity contribution in [2.45, 2.75) is 102 Å². The highest BCUT2D eigenvalue weighted by Gasteiger charge is 2.42. The minimum Gasteiger partial charge on any atom is -0.477 e. The minimum absolute atomic E-state index is 0.297. The van der Waals surface area contributed by atoms with Crippen molar-refractivity contribution in [3.8, 4) is 11.6 Å². The summed E-state index contributed by atoms with van der Waals surface area (Å²) < 4.78 is 55.9. The number of ether oxygens (including phenoxy) is 2. The van der Waals surface area contributed by atoms with E-state index in [1.807, 2.05) is 39.3 Å². The second-order valence-corrected chi connectivity index (χ2v) is 16.5. The fourth-order valence-electron chi connectivity index (χ4n) is 6.71. The molecule has 3 aromatic rings. The molecule has 3 heterocycles. The molecule has 1 aliphatic carbocycles. The second kappa shape index (κ2) is 15.4. The van der Waals surface area contributed by atoms with Crippen LogP contribution >= 0.6 is 0 Å². The number of rotatable bonds is 13. The number of likely N-dealkylation sites (tertiary alicyclic amines) is 1. The van der Waals surface area contributed by atoms with E-state index in [1.54, 1.807) is 23.2 Å². The number of benzene rings is 1. The Morgan fingerprint density at radius 3 is 2.54 bits per heavy atom. The Hall–Kier alpha value is -4.20. The molecule has 1 aromatic carbocycles. The van der Waals surface area contributed by atoms with Crippen molar-refractivity contribution in [1.82, 2.24) is 24.4 Å². The van der Waals surface area contributed by atoms with E-state index in [-0.39, 0.29) is 16.7 Å². The van der Waals surface area contributed by atoms with Gasteiger partial charge in [-0.25, -0.2) is 23.6 Å². The fourth-order valence-corrected chi connectivity index (χ4v) is 7.64. The molecule has 1 saturated carbocycles. The number of pyridine rings is 1. The van der Waals surface area contributed by atoms with Gasteiger partial charge in [0.2, 0.25) is 5.88 Å². The number of sulfonamides is 1. The highest BCUT2D eigenvalue weighted by atomic mass is 32.2. The van der Waals surface area contributed by atoms with Crippen molar-refractivity contribution in [1.29, 1.82) is 0 Å².